The minimum atomic E-state index is -0.481. The van der Waals surface area contributed by atoms with Crippen LogP contribution >= 0.6 is 0 Å². The van der Waals surface area contributed by atoms with Gasteiger partial charge in [-0.15, -0.1) is 0 Å². The summed E-state index contributed by atoms with van der Waals surface area (Å²) in [4.78, 5) is 24.9. The Bertz CT molecular complexity index is 1480. The van der Waals surface area contributed by atoms with Gasteiger partial charge in [-0.3, -0.25) is 4.89 Å². The van der Waals surface area contributed by atoms with Gasteiger partial charge in [-0.25, -0.2) is 4.79 Å². The van der Waals surface area contributed by atoms with E-state index < -0.39 is 6.09 Å². The number of fused-ring (bicyclic) bond motifs is 1. The maximum atomic E-state index is 12.7. The molecule has 218 valence electrons. The lowest BCUT2D eigenvalue weighted by atomic mass is 9.89. The molecule has 0 atom stereocenters. The average molecular weight is 568 g/mol. The molecule has 1 aliphatic heterocycles. The Kier molecular flexibility index (Phi) is 9.96. The smallest absolute Gasteiger partial charge is 0.441 e. The van der Waals surface area contributed by atoms with Crippen LogP contribution in [0.3, 0.4) is 0 Å². The second-order valence-electron chi connectivity index (χ2n) is 10.2. The van der Waals surface area contributed by atoms with Gasteiger partial charge in [0.05, 0.1) is 20.8 Å². The average Bonchev–Trinajstić information content (AvgIpc) is 3.05. The monoisotopic (exact) mass is 567 g/mol. The first-order valence-electron chi connectivity index (χ1n) is 14.3. The van der Waals surface area contributed by atoms with E-state index in [1.54, 1.807) is 19.1 Å². The highest BCUT2D eigenvalue weighted by Crippen LogP contribution is 2.37. The lowest BCUT2D eigenvalue weighted by Crippen LogP contribution is -2.38. The summed E-state index contributed by atoms with van der Waals surface area (Å²) in [5, 5.41) is 1.84. The van der Waals surface area contributed by atoms with Gasteiger partial charge in [-0.1, -0.05) is 78.9 Å². The van der Waals surface area contributed by atoms with Crippen LogP contribution in [0.1, 0.15) is 41.9 Å². The van der Waals surface area contributed by atoms with E-state index in [1.165, 1.54) is 11.1 Å². The number of carbonyl (C=O) groups is 1. The number of carbonyl (C=O) groups excluding carboxylic acids is 1. The number of methoxy groups -OCH3 is 2. The fraction of sp³-hybridized carbons (Fsp3) is 0.286. The molecule has 1 heterocycles. The maximum Gasteiger partial charge on any atom is 0.441 e. The predicted molar refractivity (Wildman–Crippen MR) is 164 cm³/mol. The van der Waals surface area contributed by atoms with E-state index in [2.05, 4.69) is 36.4 Å². The summed E-state index contributed by atoms with van der Waals surface area (Å²) in [6.45, 7) is 1.88. The van der Waals surface area contributed by atoms with Gasteiger partial charge >= 0.3 is 6.09 Å². The van der Waals surface area contributed by atoms with Crippen LogP contribution in [0.15, 0.2) is 91.0 Å². The summed E-state index contributed by atoms with van der Waals surface area (Å²) in [6, 6.07) is 28.2. The first-order valence-corrected chi connectivity index (χ1v) is 14.3. The molecule has 0 bridgehead atoms. The fourth-order valence-electron chi connectivity index (χ4n) is 5.34. The summed E-state index contributed by atoms with van der Waals surface area (Å²) < 4.78 is 17.1. The van der Waals surface area contributed by atoms with Crippen molar-refractivity contribution in [3.05, 3.63) is 108 Å². The molecule has 7 nitrogen and oxygen atoms in total. The van der Waals surface area contributed by atoms with Crippen molar-refractivity contribution in [1.29, 1.82) is 0 Å². The van der Waals surface area contributed by atoms with Crippen LogP contribution in [-0.2, 0) is 16.4 Å². The lowest BCUT2D eigenvalue weighted by Gasteiger charge is -2.31. The van der Waals surface area contributed by atoms with Gasteiger partial charge in [0.25, 0.3) is 0 Å². The Labute approximate surface area is 247 Å². The molecule has 0 spiro atoms. The zero-order valence-corrected chi connectivity index (χ0v) is 24.2. The second kappa shape index (κ2) is 14.4. The molecule has 0 aromatic heterocycles. The topological polar surface area (TPSA) is 66.5 Å². The third kappa shape index (κ3) is 7.22. The number of piperidine rings is 1. The molecular formula is C35H37NO6. The minimum Gasteiger partial charge on any atom is -0.496 e. The first-order chi connectivity index (χ1) is 20.7. The molecule has 4 aromatic rings. The second-order valence-corrected chi connectivity index (χ2v) is 10.2. The van der Waals surface area contributed by atoms with Crippen LogP contribution in [0.4, 0.5) is 4.79 Å². The Hall–Kier alpha value is -4.49. The molecule has 0 aliphatic carbocycles. The Morgan fingerprint density at radius 1 is 0.881 bits per heavy atom. The molecule has 1 aliphatic rings. The number of hydrogen-bond donors (Lipinski definition) is 0. The van der Waals surface area contributed by atoms with Crippen LogP contribution in [0.25, 0.3) is 16.8 Å². The van der Waals surface area contributed by atoms with Crippen LogP contribution in [0, 0.1) is 0 Å². The number of benzene rings is 4. The summed E-state index contributed by atoms with van der Waals surface area (Å²) >= 11 is 0. The molecule has 1 fully saturated rings. The molecule has 4 aromatic carbocycles. The highest BCUT2D eigenvalue weighted by Gasteiger charge is 2.25. The number of nitrogens with zero attached hydrogens (tertiary/aromatic N) is 1. The van der Waals surface area contributed by atoms with Gasteiger partial charge in [0.1, 0.15) is 23.9 Å². The molecular weight excluding hydrogens is 530 g/mol. The van der Waals surface area contributed by atoms with Crippen molar-refractivity contribution >= 4 is 22.9 Å². The Morgan fingerprint density at radius 3 is 2.31 bits per heavy atom. The van der Waals surface area contributed by atoms with Crippen molar-refractivity contribution < 1.29 is 28.8 Å². The molecule has 0 unspecified atom stereocenters. The molecule has 0 N–H and O–H groups in total. The van der Waals surface area contributed by atoms with E-state index in [4.69, 9.17) is 24.0 Å². The molecule has 0 radical (unpaired) electrons. The number of rotatable bonds is 11. The van der Waals surface area contributed by atoms with Crippen LogP contribution in [0.5, 0.6) is 17.2 Å². The zero-order valence-electron chi connectivity index (χ0n) is 24.2. The highest BCUT2D eigenvalue weighted by molar-refractivity contribution is 5.94. The van der Waals surface area contributed by atoms with E-state index >= 15 is 0 Å². The van der Waals surface area contributed by atoms with Gasteiger partial charge in [0.2, 0.25) is 0 Å². The number of amides is 1. The van der Waals surface area contributed by atoms with Gasteiger partial charge in [-0.05, 0) is 54.5 Å². The minimum absolute atomic E-state index is 0.0459. The third-order valence-electron chi connectivity index (χ3n) is 7.57. The Balaban J connectivity index is 1.05. The van der Waals surface area contributed by atoms with Gasteiger partial charge in [-0.2, -0.15) is 4.89 Å². The van der Waals surface area contributed by atoms with Crippen molar-refractivity contribution in [3.8, 4) is 17.2 Å². The number of likely N-dealkylation sites (tertiary alicyclic amines) is 1. The van der Waals surface area contributed by atoms with Crippen LogP contribution < -0.4 is 14.2 Å². The van der Waals surface area contributed by atoms with Crippen molar-refractivity contribution in [3.63, 3.8) is 0 Å². The lowest BCUT2D eigenvalue weighted by molar-refractivity contribution is -0.256. The molecule has 7 heteroatoms. The fourth-order valence-corrected chi connectivity index (χ4v) is 5.34. The highest BCUT2D eigenvalue weighted by atomic mass is 17.2. The number of ether oxygens (including phenoxy) is 3. The largest absolute Gasteiger partial charge is 0.496 e. The quantitative estimate of drug-likeness (QED) is 0.105. The normalized spacial score (nSPS) is 13.8. The van der Waals surface area contributed by atoms with E-state index in [9.17, 15) is 4.79 Å². The summed E-state index contributed by atoms with van der Waals surface area (Å²) in [7, 11) is 3.23. The van der Waals surface area contributed by atoms with Crippen molar-refractivity contribution in [2.45, 2.75) is 31.8 Å². The van der Waals surface area contributed by atoms with Gasteiger partial charge in [0.15, 0.2) is 0 Å². The SMILES string of the molecule is COc1cc(COOC(=O)N2CCC(c3ccc(OCCC=Cc4ccccc4)cc3)CC2)c(OC)c2ccccc12. The first kappa shape index (κ1) is 29.0. The maximum absolute atomic E-state index is 12.7. The summed E-state index contributed by atoms with van der Waals surface area (Å²) in [6.07, 6.45) is 6.32. The standard InChI is InChI=1S/C35H37NO6/c1-38-33-24-29(34(39-2)32-14-7-6-13-31(32)33)25-41-42-35(37)36-21-19-28(20-22-36)27-15-17-30(18-16-27)40-23-9-8-12-26-10-4-3-5-11-26/h3-8,10-18,24,28H,9,19-23,25H2,1-2H3. The zero-order chi connectivity index (χ0) is 29.1. The van der Waals surface area contributed by atoms with E-state index in [-0.39, 0.29) is 6.61 Å². The van der Waals surface area contributed by atoms with Crippen molar-refractivity contribution in [2.75, 3.05) is 33.9 Å². The summed E-state index contributed by atoms with van der Waals surface area (Å²) in [5.74, 6) is 2.62. The van der Waals surface area contributed by atoms with Gasteiger partial charge in [0, 0.05) is 29.4 Å². The molecule has 42 heavy (non-hydrogen) atoms. The molecule has 0 saturated carbocycles. The summed E-state index contributed by atoms with van der Waals surface area (Å²) in [5.41, 5.74) is 3.18. The van der Waals surface area contributed by atoms with E-state index in [1.807, 2.05) is 60.7 Å². The van der Waals surface area contributed by atoms with Crippen LogP contribution in [-0.4, -0.2) is 44.9 Å². The van der Waals surface area contributed by atoms with Gasteiger partial charge < -0.3 is 19.1 Å². The molecule has 1 amide bonds. The van der Waals surface area contributed by atoms with E-state index in [0.29, 0.717) is 37.1 Å². The molecule has 5 rings (SSSR count). The van der Waals surface area contributed by atoms with Crippen molar-refractivity contribution in [2.24, 2.45) is 0 Å². The van der Waals surface area contributed by atoms with Crippen LogP contribution in [0.2, 0.25) is 0 Å². The third-order valence-corrected chi connectivity index (χ3v) is 7.57. The van der Waals surface area contributed by atoms with E-state index in [0.717, 1.165) is 41.3 Å². The van der Waals surface area contributed by atoms with Crippen molar-refractivity contribution in [1.82, 2.24) is 4.90 Å². The Morgan fingerprint density at radius 2 is 1.60 bits per heavy atom. The number of hydrogen-bond acceptors (Lipinski definition) is 6. The predicted octanol–water partition coefficient (Wildman–Crippen LogP) is 7.79. The molecule has 1 saturated heterocycles.